The molecule has 2 fully saturated rings. The molecule has 1 aromatic carbocycles. The van der Waals surface area contributed by atoms with Gasteiger partial charge in [0.25, 0.3) is 0 Å². The highest BCUT2D eigenvalue weighted by atomic mass is 16.5. The maximum Gasteiger partial charge on any atom is 0.220 e. The molecule has 0 spiro atoms. The minimum atomic E-state index is 0.157. The zero-order valence-electron chi connectivity index (χ0n) is 17.3. The summed E-state index contributed by atoms with van der Waals surface area (Å²) in [7, 11) is 1.68. The van der Waals surface area contributed by atoms with Gasteiger partial charge < -0.3 is 20.1 Å². The van der Waals surface area contributed by atoms with Crippen LogP contribution in [0.25, 0.3) is 0 Å². The van der Waals surface area contributed by atoms with E-state index in [0.717, 1.165) is 45.1 Å². The number of benzene rings is 1. The van der Waals surface area contributed by atoms with Crippen molar-refractivity contribution in [3.8, 4) is 5.75 Å². The Labute approximate surface area is 169 Å². The number of rotatable bonds is 8. The summed E-state index contributed by atoms with van der Waals surface area (Å²) in [6, 6.07) is 8.33. The third kappa shape index (κ3) is 5.93. The molecule has 156 valence electrons. The number of ether oxygens (including phenoxy) is 2. The Morgan fingerprint density at radius 2 is 2.07 bits per heavy atom. The van der Waals surface area contributed by atoms with E-state index in [9.17, 15) is 4.79 Å². The third-order valence-corrected chi connectivity index (χ3v) is 6.13. The largest absolute Gasteiger partial charge is 0.497 e. The Bertz CT molecular complexity index is 596. The standard InChI is InChI=1S/C22H35N3O3/c1-17(19-4-3-9-23-15-19)14-22(26)24-16-21(25-10-12-28-13-11-25)18-5-7-20(27-2)8-6-18/h5-8,17,19,21,23H,3-4,9-16H2,1-2H3,(H,24,26). The molecule has 2 heterocycles. The minimum Gasteiger partial charge on any atom is -0.497 e. The monoisotopic (exact) mass is 389 g/mol. The van der Waals surface area contributed by atoms with Crippen molar-refractivity contribution in [3.63, 3.8) is 0 Å². The number of hydrogen-bond donors (Lipinski definition) is 2. The van der Waals surface area contributed by atoms with Crippen LogP contribution in [0.1, 0.15) is 37.8 Å². The highest BCUT2D eigenvalue weighted by Crippen LogP contribution is 2.25. The number of hydrogen-bond acceptors (Lipinski definition) is 5. The van der Waals surface area contributed by atoms with Gasteiger partial charge in [-0.15, -0.1) is 0 Å². The van der Waals surface area contributed by atoms with E-state index in [1.807, 2.05) is 12.1 Å². The highest BCUT2D eigenvalue weighted by Gasteiger charge is 2.25. The molecule has 3 atom stereocenters. The van der Waals surface area contributed by atoms with E-state index in [2.05, 4.69) is 34.6 Å². The van der Waals surface area contributed by atoms with Crippen molar-refractivity contribution in [3.05, 3.63) is 29.8 Å². The van der Waals surface area contributed by atoms with Gasteiger partial charge in [0.2, 0.25) is 5.91 Å². The van der Waals surface area contributed by atoms with Crippen molar-refractivity contribution in [2.45, 2.75) is 32.2 Å². The fraction of sp³-hybridized carbons (Fsp3) is 0.682. The number of amides is 1. The first-order valence-electron chi connectivity index (χ1n) is 10.6. The Hall–Kier alpha value is -1.63. The van der Waals surface area contributed by atoms with Crippen LogP contribution in [0.4, 0.5) is 0 Å². The van der Waals surface area contributed by atoms with E-state index >= 15 is 0 Å². The summed E-state index contributed by atoms with van der Waals surface area (Å²) in [5.41, 5.74) is 1.20. The SMILES string of the molecule is COc1ccc(C(CNC(=O)CC(C)C2CCCNC2)N2CCOCC2)cc1. The first-order chi connectivity index (χ1) is 13.7. The first-order valence-corrected chi connectivity index (χ1v) is 10.6. The second-order valence-electron chi connectivity index (χ2n) is 8.03. The molecule has 0 saturated carbocycles. The number of carbonyl (C=O) groups excluding carboxylic acids is 1. The Kier molecular flexibility index (Phi) is 8.13. The van der Waals surface area contributed by atoms with Crippen LogP contribution in [0.2, 0.25) is 0 Å². The van der Waals surface area contributed by atoms with E-state index in [-0.39, 0.29) is 11.9 Å². The molecule has 3 rings (SSSR count). The van der Waals surface area contributed by atoms with Crippen LogP contribution in [-0.2, 0) is 9.53 Å². The van der Waals surface area contributed by atoms with E-state index in [1.54, 1.807) is 7.11 Å². The summed E-state index contributed by atoms with van der Waals surface area (Å²) in [5, 5.41) is 6.66. The Balaban J connectivity index is 1.57. The molecule has 0 aromatic heterocycles. The van der Waals surface area contributed by atoms with Gasteiger partial charge in [0.1, 0.15) is 5.75 Å². The predicted octanol–water partition coefficient (Wildman–Crippen LogP) is 2.21. The number of morpholine rings is 1. The molecule has 28 heavy (non-hydrogen) atoms. The van der Waals surface area contributed by atoms with E-state index in [0.29, 0.717) is 24.8 Å². The van der Waals surface area contributed by atoms with Crippen LogP contribution in [-0.4, -0.2) is 63.9 Å². The van der Waals surface area contributed by atoms with Crippen LogP contribution in [0, 0.1) is 11.8 Å². The van der Waals surface area contributed by atoms with Crippen LogP contribution in [0.15, 0.2) is 24.3 Å². The Morgan fingerprint density at radius 1 is 1.32 bits per heavy atom. The van der Waals surface area contributed by atoms with Gasteiger partial charge in [0, 0.05) is 26.1 Å². The molecule has 1 aromatic rings. The van der Waals surface area contributed by atoms with Crippen molar-refractivity contribution in [2.75, 3.05) is 53.0 Å². The number of carbonyl (C=O) groups is 1. The lowest BCUT2D eigenvalue weighted by Gasteiger charge is -2.35. The van der Waals surface area contributed by atoms with E-state index in [4.69, 9.17) is 9.47 Å². The van der Waals surface area contributed by atoms with Crippen LogP contribution >= 0.6 is 0 Å². The van der Waals surface area contributed by atoms with Crippen LogP contribution < -0.4 is 15.4 Å². The lowest BCUT2D eigenvalue weighted by Crippen LogP contribution is -2.44. The summed E-state index contributed by atoms with van der Waals surface area (Å²) in [6.45, 7) is 8.24. The predicted molar refractivity (Wildman–Crippen MR) is 111 cm³/mol. The maximum atomic E-state index is 12.6. The molecular weight excluding hydrogens is 354 g/mol. The summed E-state index contributed by atoms with van der Waals surface area (Å²) >= 11 is 0. The van der Waals surface area contributed by atoms with E-state index in [1.165, 1.54) is 18.4 Å². The maximum absolute atomic E-state index is 12.6. The zero-order valence-corrected chi connectivity index (χ0v) is 17.3. The number of piperidine rings is 1. The topological polar surface area (TPSA) is 62.8 Å². The molecule has 0 radical (unpaired) electrons. The zero-order chi connectivity index (χ0) is 19.8. The molecule has 0 aliphatic carbocycles. The van der Waals surface area contributed by atoms with Crippen molar-refractivity contribution >= 4 is 5.91 Å². The first kappa shape index (κ1) is 21.1. The molecule has 2 saturated heterocycles. The van der Waals surface area contributed by atoms with Crippen molar-refractivity contribution in [1.29, 1.82) is 0 Å². The average molecular weight is 390 g/mol. The minimum absolute atomic E-state index is 0.157. The molecule has 2 aliphatic heterocycles. The fourth-order valence-electron chi connectivity index (χ4n) is 4.28. The number of methoxy groups -OCH3 is 1. The molecule has 6 heteroatoms. The second-order valence-corrected chi connectivity index (χ2v) is 8.03. The highest BCUT2D eigenvalue weighted by molar-refractivity contribution is 5.76. The van der Waals surface area contributed by atoms with Crippen molar-refractivity contribution in [1.82, 2.24) is 15.5 Å². The normalized spacial score (nSPS) is 23.0. The van der Waals surface area contributed by atoms with Crippen molar-refractivity contribution < 1.29 is 14.3 Å². The van der Waals surface area contributed by atoms with Gasteiger partial charge in [-0.1, -0.05) is 19.1 Å². The summed E-state index contributed by atoms with van der Waals surface area (Å²) in [5.74, 6) is 2.03. The number of nitrogens with zero attached hydrogens (tertiary/aromatic N) is 1. The van der Waals surface area contributed by atoms with Gasteiger partial charge in [0.15, 0.2) is 0 Å². The van der Waals surface area contributed by atoms with Gasteiger partial charge >= 0.3 is 0 Å². The van der Waals surface area contributed by atoms with Crippen LogP contribution in [0.5, 0.6) is 5.75 Å². The van der Waals surface area contributed by atoms with Crippen molar-refractivity contribution in [2.24, 2.45) is 11.8 Å². The quantitative estimate of drug-likeness (QED) is 0.714. The van der Waals surface area contributed by atoms with Gasteiger partial charge in [0.05, 0.1) is 26.4 Å². The third-order valence-electron chi connectivity index (χ3n) is 6.13. The smallest absolute Gasteiger partial charge is 0.220 e. The van der Waals surface area contributed by atoms with Gasteiger partial charge in [-0.05, 0) is 55.5 Å². The molecule has 3 unspecified atom stereocenters. The van der Waals surface area contributed by atoms with Gasteiger partial charge in [-0.2, -0.15) is 0 Å². The lowest BCUT2D eigenvalue weighted by atomic mass is 9.85. The molecular formula is C22H35N3O3. The van der Waals surface area contributed by atoms with Gasteiger partial charge in [-0.3, -0.25) is 9.69 Å². The van der Waals surface area contributed by atoms with Gasteiger partial charge in [-0.25, -0.2) is 0 Å². The summed E-state index contributed by atoms with van der Waals surface area (Å²) in [4.78, 5) is 15.0. The number of nitrogens with one attached hydrogen (secondary N) is 2. The second kappa shape index (κ2) is 10.8. The lowest BCUT2D eigenvalue weighted by molar-refractivity contribution is -0.122. The van der Waals surface area contributed by atoms with Crippen LogP contribution in [0.3, 0.4) is 0 Å². The fourth-order valence-corrected chi connectivity index (χ4v) is 4.28. The molecule has 2 N–H and O–H groups in total. The average Bonchev–Trinajstić information content (AvgIpc) is 2.75. The Morgan fingerprint density at radius 3 is 2.71 bits per heavy atom. The van der Waals surface area contributed by atoms with E-state index < -0.39 is 0 Å². The molecule has 6 nitrogen and oxygen atoms in total. The molecule has 2 aliphatic rings. The molecule has 0 bridgehead atoms. The summed E-state index contributed by atoms with van der Waals surface area (Å²) < 4.78 is 10.8. The summed E-state index contributed by atoms with van der Waals surface area (Å²) in [6.07, 6.45) is 3.04. The molecule has 1 amide bonds.